The highest BCUT2D eigenvalue weighted by atomic mass is 14.2. The van der Waals surface area contributed by atoms with Crippen LogP contribution in [0.15, 0.2) is 48.6 Å². The highest BCUT2D eigenvalue weighted by molar-refractivity contribution is 6.02. The molecule has 0 amide bonds. The van der Waals surface area contributed by atoms with E-state index in [1.165, 1.54) is 27.8 Å². The molecular formula is C15H16. The van der Waals surface area contributed by atoms with Crippen LogP contribution >= 0.6 is 0 Å². The quantitative estimate of drug-likeness (QED) is 0.655. The summed E-state index contributed by atoms with van der Waals surface area (Å²) in [7, 11) is 0. The third kappa shape index (κ3) is 1.46. The summed E-state index contributed by atoms with van der Waals surface area (Å²) in [5.41, 5.74) is 6.55. The molecule has 2 rings (SSSR count). The summed E-state index contributed by atoms with van der Waals surface area (Å²) < 4.78 is 0. The molecule has 0 N–H and O–H groups in total. The standard InChI is InChI=1S/C15H16/c1-4-8-14-12(5-2)11(3)13-9-6-7-10-15(13)14/h4,6-10H,3,5H2,1-2H3/b8-4-. The van der Waals surface area contributed by atoms with Gasteiger partial charge in [-0.2, -0.15) is 0 Å². The Morgan fingerprint density at radius 1 is 1.20 bits per heavy atom. The van der Waals surface area contributed by atoms with Crippen molar-refractivity contribution in [1.82, 2.24) is 0 Å². The summed E-state index contributed by atoms with van der Waals surface area (Å²) >= 11 is 0. The van der Waals surface area contributed by atoms with Gasteiger partial charge < -0.3 is 0 Å². The Labute approximate surface area is 91.6 Å². The Balaban J connectivity index is 2.65. The van der Waals surface area contributed by atoms with E-state index < -0.39 is 0 Å². The predicted octanol–water partition coefficient (Wildman–Crippen LogP) is 4.45. The minimum Gasteiger partial charge on any atom is -0.0908 e. The normalized spacial score (nSPS) is 15.2. The second-order valence-corrected chi connectivity index (χ2v) is 3.77. The molecule has 0 bridgehead atoms. The van der Waals surface area contributed by atoms with Gasteiger partial charge >= 0.3 is 0 Å². The van der Waals surface area contributed by atoms with Gasteiger partial charge in [0.15, 0.2) is 0 Å². The van der Waals surface area contributed by atoms with Crippen LogP contribution in [0.2, 0.25) is 0 Å². The van der Waals surface area contributed by atoms with Crippen molar-refractivity contribution in [3.63, 3.8) is 0 Å². The molecule has 0 unspecified atom stereocenters. The second-order valence-electron chi connectivity index (χ2n) is 3.77. The lowest BCUT2D eigenvalue weighted by atomic mass is 10.0. The van der Waals surface area contributed by atoms with Gasteiger partial charge in [-0.1, -0.05) is 49.9 Å². The van der Waals surface area contributed by atoms with Crippen LogP contribution in [0.3, 0.4) is 0 Å². The first kappa shape index (κ1) is 9.97. The smallest absolute Gasteiger partial charge is 0.0103 e. The van der Waals surface area contributed by atoms with Gasteiger partial charge in [0.2, 0.25) is 0 Å². The van der Waals surface area contributed by atoms with Crippen molar-refractivity contribution >= 4 is 11.1 Å². The molecule has 0 atom stereocenters. The van der Waals surface area contributed by atoms with Gasteiger partial charge in [-0.15, -0.1) is 0 Å². The Morgan fingerprint density at radius 3 is 2.47 bits per heavy atom. The zero-order valence-corrected chi connectivity index (χ0v) is 9.38. The average molecular weight is 196 g/mol. The maximum Gasteiger partial charge on any atom is -0.0103 e. The third-order valence-electron chi connectivity index (χ3n) is 2.92. The van der Waals surface area contributed by atoms with E-state index in [2.05, 4.69) is 56.8 Å². The molecule has 0 radical (unpaired) electrons. The van der Waals surface area contributed by atoms with E-state index in [-0.39, 0.29) is 0 Å². The highest BCUT2D eigenvalue weighted by Gasteiger charge is 2.20. The summed E-state index contributed by atoms with van der Waals surface area (Å²) in [6.45, 7) is 8.44. The molecule has 0 heteroatoms. The van der Waals surface area contributed by atoms with Gasteiger partial charge in [0.25, 0.3) is 0 Å². The fourth-order valence-electron chi connectivity index (χ4n) is 2.23. The number of allylic oxidation sites excluding steroid dienone is 5. The first-order valence-electron chi connectivity index (χ1n) is 5.44. The molecule has 0 heterocycles. The lowest BCUT2D eigenvalue weighted by molar-refractivity contribution is 1.17. The fourth-order valence-corrected chi connectivity index (χ4v) is 2.23. The van der Waals surface area contributed by atoms with Crippen LogP contribution in [0.4, 0.5) is 0 Å². The van der Waals surface area contributed by atoms with Crippen LogP contribution in [-0.2, 0) is 0 Å². The lowest BCUT2D eigenvalue weighted by Crippen LogP contribution is -1.80. The SMILES string of the molecule is C=C1C(CC)=C(/C=C\C)c2ccccc21. The minimum atomic E-state index is 1.05. The van der Waals surface area contributed by atoms with E-state index in [1.807, 2.05) is 0 Å². The minimum absolute atomic E-state index is 1.05. The highest BCUT2D eigenvalue weighted by Crippen LogP contribution is 2.42. The Hall–Kier alpha value is -1.56. The fraction of sp³-hybridized carbons (Fsp3) is 0.200. The zero-order chi connectivity index (χ0) is 10.8. The zero-order valence-electron chi connectivity index (χ0n) is 9.38. The van der Waals surface area contributed by atoms with E-state index >= 15 is 0 Å². The van der Waals surface area contributed by atoms with E-state index in [9.17, 15) is 0 Å². The van der Waals surface area contributed by atoms with E-state index in [0.717, 1.165) is 6.42 Å². The Morgan fingerprint density at radius 2 is 1.87 bits per heavy atom. The van der Waals surface area contributed by atoms with E-state index in [1.54, 1.807) is 0 Å². The molecule has 15 heavy (non-hydrogen) atoms. The van der Waals surface area contributed by atoms with E-state index in [4.69, 9.17) is 0 Å². The van der Waals surface area contributed by atoms with Crippen molar-refractivity contribution in [3.8, 4) is 0 Å². The summed E-state index contributed by atoms with van der Waals surface area (Å²) in [5, 5.41) is 0. The topological polar surface area (TPSA) is 0 Å². The molecule has 1 aromatic rings. The molecule has 0 saturated heterocycles. The van der Waals surface area contributed by atoms with Crippen LogP contribution in [0.25, 0.3) is 11.1 Å². The molecule has 1 aliphatic carbocycles. The monoisotopic (exact) mass is 196 g/mol. The van der Waals surface area contributed by atoms with Gasteiger partial charge in [0.1, 0.15) is 0 Å². The second kappa shape index (κ2) is 3.90. The number of rotatable bonds is 2. The van der Waals surface area contributed by atoms with Crippen molar-refractivity contribution in [2.45, 2.75) is 20.3 Å². The molecule has 0 fully saturated rings. The van der Waals surface area contributed by atoms with Gasteiger partial charge in [0.05, 0.1) is 0 Å². The first-order chi connectivity index (χ1) is 7.29. The van der Waals surface area contributed by atoms with Crippen molar-refractivity contribution in [3.05, 3.63) is 59.7 Å². The van der Waals surface area contributed by atoms with Crippen molar-refractivity contribution < 1.29 is 0 Å². The summed E-state index contributed by atoms with van der Waals surface area (Å²) in [4.78, 5) is 0. The van der Waals surface area contributed by atoms with Gasteiger partial charge in [-0.25, -0.2) is 0 Å². The molecule has 1 aliphatic rings. The van der Waals surface area contributed by atoms with Crippen molar-refractivity contribution in [2.75, 3.05) is 0 Å². The number of hydrogen-bond donors (Lipinski definition) is 0. The molecule has 0 aromatic heterocycles. The molecular weight excluding hydrogens is 180 g/mol. The Kier molecular flexibility index (Phi) is 2.59. The average Bonchev–Trinajstić information content (AvgIpc) is 2.54. The number of fused-ring (bicyclic) bond motifs is 1. The molecule has 0 spiro atoms. The van der Waals surface area contributed by atoms with Crippen LogP contribution in [0.5, 0.6) is 0 Å². The van der Waals surface area contributed by atoms with Gasteiger partial charge in [-0.05, 0) is 41.2 Å². The van der Waals surface area contributed by atoms with Crippen LogP contribution in [0.1, 0.15) is 31.4 Å². The molecule has 76 valence electrons. The molecule has 1 aromatic carbocycles. The van der Waals surface area contributed by atoms with Crippen molar-refractivity contribution in [1.29, 1.82) is 0 Å². The molecule has 0 saturated carbocycles. The van der Waals surface area contributed by atoms with Gasteiger partial charge in [-0.3, -0.25) is 0 Å². The maximum absolute atomic E-state index is 4.19. The largest absolute Gasteiger partial charge is 0.0908 e. The predicted molar refractivity (Wildman–Crippen MR) is 67.5 cm³/mol. The number of hydrogen-bond acceptors (Lipinski definition) is 0. The summed E-state index contributed by atoms with van der Waals surface area (Å²) in [6.07, 6.45) is 5.34. The summed E-state index contributed by atoms with van der Waals surface area (Å²) in [6, 6.07) is 8.51. The molecule has 0 aliphatic heterocycles. The van der Waals surface area contributed by atoms with Crippen LogP contribution in [-0.4, -0.2) is 0 Å². The molecule has 0 nitrogen and oxygen atoms in total. The third-order valence-corrected chi connectivity index (χ3v) is 2.92. The van der Waals surface area contributed by atoms with E-state index in [0.29, 0.717) is 0 Å². The lowest BCUT2D eigenvalue weighted by Gasteiger charge is -2.01. The maximum atomic E-state index is 4.19. The number of benzene rings is 1. The first-order valence-corrected chi connectivity index (χ1v) is 5.44. The summed E-state index contributed by atoms with van der Waals surface area (Å²) in [5.74, 6) is 0. The Bertz CT molecular complexity index is 459. The van der Waals surface area contributed by atoms with Gasteiger partial charge in [0, 0.05) is 0 Å². The van der Waals surface area contributed by atoms with Crippen LogP contribution in [0, 0.1) is 0 Å². The van der Waals surface area contributed by atoms with Crippen LogP contribution < -0.4 is 0 Å². The van der Waals surface area contributed by atoms with Crippen molar-refractivity contribution in [2.24, 2.45) is 0 Å².